The molecule has 1 saturated carbocycles. The maximum absolute atomic E-state index is 9.77. The van der Waals surface area contributed by atoms with Gasteiger partial charge in [-0.2, -0.15) is 5.26 Å². The number of benzene rings is 1. The van der Waals surface area contributed by atoms with Gasteiger partial charge in [0.2, 0.25) is 0 Å². The molecule has 1 aliphatic carbocycles. The molecule has 4 rings (SSSR count). The summed E-state index contributed by atoms with van der Waals surface area (Å²) in [6.45, 7) is 18.3. The average Bonchev–Trinajstić information content (AvgIpc) is 2.91. The van der Waals surface area contributed by atoms with E-state index in [0.717, 1.165) is 100 Å². The predicted octanol–water partition coefficient (Wildman–Crippen LogP) is 5.30. The first-order chi connectivity index (χ1) is 18.3. The molecule has 2 aliphatic heterocycles. The fourth-order valence-electron chi connectivity index (χ4n) is 5.47. The maximum atomic E-state index is 9.77. The zero-order valence-corrected chi connectivity index (χ0v) is 23.6. The van der Waals surface area contributed by atoms with Crippen LogP contribution in [0.15, 0.2) is 59.6 Å². The Hall–Kier alpha value is -3.26. The van der Waals surface area contributed by atoms with E-state index in [9.17, 15) is 5.26 Å². The summed E-state index contributed by atoms with van der Waals surface area (Å²) in [7, 11) is 2.16. The van der Waals surface area contributed by atoms with Crippen LogP contribution in [0.5, 0.6) is 0 Å². The molecule has 1 unspecified atom stereocenters. The molecule has 0 radical (unpaired) electrons. The Bertz CT molecular complexity index is 1180. The number of piperazine rings is 1. The molecule has 1 saturated heterocycles. The van der Waals surface area contributed by atoms with Crippen LogP contribution >= 0.6 is 0 Å². The Kier molecular flexibility index (Phi) is 8.82. The second-order valence-corrected chi connectivity index (χ2v) is 11.4. The highest BCUT2D eigenvalue weighted by Gasteiger charge is 2.39. The van der Waals surface area contributed by atoms with Gasteiger partial charge in [0.25, 0.3) is 0 Å². The normalized spacial score (nSPS) is 20.6. The van der Waals surface area contributed by atoms with E-state index in [4.69, 9.17) is 10.7 Å². The van der Waals surface area contributed by atoms with Crippen molar-refractivity contribution in [1.29, 1.82) is 5.26 Å². The fraction of sp³-hybridized carbons (Fsp3) is 0.531. The topological polar surface area (TPSA) is 71.9 Å². The zero-order valence-electron chi connectivity index (χ0n) is 23.6. The third kappa shape index (κ3) is 6.23. The molecule has 1 aromatic rings. The minimum atomic E-state index is -0.232. The van der Waals surface area contributed by atoms with E-state index in [0.29, 0.717) is 5.84 Å². The van der Waals surface area contributed by atoms with E-state index in [1.54, 1.807) is 0 Å². The van der Waals surface area contributed by atoms with Gasteiger partial charge in [-0.05, 0) is 56.0 Å². The van der Waals surface area contributed by atoms with Gasteiger partial charge in [-0.3, -0.25) is 0 Å². The van der Waals surface area contributed by atoms with Crippen molar-refractivity contribution in [2.24, 2.45) is 22.1 Å². The van der Waals surface area contributed by atoms with E-state index < -0.39 is 0 Å². The van der Waals surface area contributed by atoms with Gasteiger partial charge >= 0.3 is 0 Å². The van der Waals surface area contributed by atoms with E-state index in [1.165, 1.54) is 11.1 Å². The SMILES string of the molecule is C=C=C(CC1(C#N)CCC1)N1CCc2ccc(/C(=C/C(=C)N3CCN(C)CC3)N=C(N)C(C)CC)cc2C1. The van der Waals surface area contributed by atoms with Crippen LogP contribution in [0, 0.1) is 22.7 Å². The molecule has 1 atom stereocenters. The van der Waals surface area contributed by atoms with Crippen LogP contribution in [0.2, 0.25) is 0 Å². The second-order valence-electron chi connectivity index (χ2n) is 11.4. The minimum Gasteiger partial charge on any atom is -0.387 e. The molecule has 6 nitrogen and oxygen atoms in total. The van der Waals surface area contributed by atoms with Crippen molar-refractivity contribution < 1.29 is 0 Å². The van der Waals surface area contributed by atoms with Crippen molar-refractivity contribution in [1.82, 2.24) is 14.7 Å². The zero-order chi connectivity index (χ0) is 27.3. The Morgan fingerprint density at radius 2 is 1.92 bits per heavy atom. The number of nitrogens with zero attached hydrogens (tertiary/aromatic N) is 5. The number of nitriles is 1. The lowest BCUT2D eigenvalue weighted by Crippen LogP contribution is -2.43. The van der Waals surface area contributed by atoms with Gasteiger partial charge in [-0.15, -0.1) is 5.73 Å². The van der Waals surface area contributed by atoms with Crippen LogP contribution in [0.4, 0.5) is 0 Å². The lowest BCUT2D eigenvalue weighted by Gasteiger charge is -2.39. The second kappa shape index (κ2) is 12.1. The molecule has 2 fully saturated rings. The number of allylic oxidation sites excluding steroid dienone is 2. The predicted molar refractivity (Wildman–Crippen MR) is 157 cm³/mol. The number of likely N-dealkylation sites (N-methyl/N-ethyl adjacent to an activating group) is 1. The van der Waals surface area contributed by atoms with Gasteiger partial charge in [0.1, 0.15) is 5.84 Å². The van der Waals surface area contributed by atoms with Crippen LogP contribution in [-0.2, 0) is 13.0 Å². The smallest absolute Gasteiger partial charge is 0.102 e. The Labute approximate surface area is 229 Å². The molecule has 6 heteroatoms. The van der Waals surface area contributed by atoms with Crippen molar-refractivity contribution in [3.63, 3.8) is 0 Å². The Morgan fingerprint density at radius 1 is 1.18 bits per heavy atom. The highest BCUT2D eigenvalue weighted by molar-refractivity contribution is 5.88. The summed E-state index contributed by atoms with van der Waals surface area (Å²) in [5.74, 6) is 0.867. The monoisotopic (exact) mass is 512 g/mol. The quantitative estimate of drug-likeness (QED) is 0.210. The van der Waals surface area contributed by atoms with Crippen molar-refractivity contribution >= 4 is 11.5 Å². The van der Waals surface area contributed by atoms with Gasteiger partial charge in [0, 0.05) is 62.9 Å². The molecule has 1 aromatic carbocycles. The van der Waals surface area contributed by atoms with Crippen LogP contribution < -0.4 is 5.73 Å². The summed E-state index contributed by atoms with van der Waals surface area (Å²) in [4.78, 5) is 12.0. The molecule has 3 aliphatic rings. The fourth-order valence-corrected chi connectivity index (χ4v) is 5.47. The van der Waals surface area contributed by atoms with Crippen LogP contribution in [0.3, 0.4) is 0 Å². The number of hydrogen-bond acceptors (Lipinski definition) is 5. The van der Waals surface area contributed by atoms with Crippen molar-refractivity contribution in [2.75, 3.05) is 39.8 Å². The first kappa shape index (κ1) is 27.8. The summed E-state index contributed by atoms with van der Waals surface area (Å²) in [5.41, 5.74) is 16.0. The number of hydrogen-bond donors (Lipinski definition) is 1. The van der Waals surface area contributed by atoms with Crippen molar-refractivity contribution in [2.45, 2.75) is 58.9 Å². The first-order valence-electron chi connectivity index (χ1n) is 14.1. The first-order valence-corrected chi connectivity index (χ1v) is 14.1. The van der Waals surface area contributed by atoms with Gasteiger partial charge in [0.05, 0.1) is 22.9 Å². The number of rotatable bonds is 9. The molecule has 2 heterocycles. The van der Waals surface area contributed by atoms with Crippen LogP contribution in [0.1, 0.15) is 62.6 Å². The number of nitrogens with two attached hydrogens (primary N) is 1. The van der Waals surface area contributed by atoms with E-state index in [1.807, 2.05) is 0 Å². The molecule has 38 heavy (non-hydrogen) atoms. The molecule has 202 valence electrons. The molecule has 0 spiro atoms. The molecule has 0 aromatic heterocycles. The summed E-state index contributed by atoms with van der Waals surface area (Å²) in [6.07, 6.45) is 7.85. The molecular formula is C32H44N6. The number of amidine groups is 1. The third-order valence-corrected chi connectivity index (χ3v) is 8.73. The highest BCUT2D eigenvalue weighted by atomic mass is 15.2. The Morgan fingerprint density at radius 3 is 2.53 bits per heavy atom. The molecule has 2 N–H and O–H groups in total. The van der Waals surface area contributed by atoms with E-state index >= 15 is 0 Å². The average molecular weight is 513 g/mol. The van der Waals surface area contributed by atoms with Gasteiger partial charge in [-0.25, -0.2) is 4.99 Å². The molecular weight excluding hydrogens is 468 g/mol. The van der Waals surface area contributed by atoms with Gasteiger partial charge in [0.15, 0.2) is 0 Å². The lowest BCUT2D eigenvalue weighted by atomic mass is 9.67. The standard InChI is InChI=1S/C32H44N6/c1-6-24(3)31(34)35-30(19-25(4)37-17-15-36(5)16-18-37)27-10-9-26-11-14-38(22-28(26)20-27)29(7-2)21-32(23-33)12-8-13-32/h9-10,19-20,24H,2,4,6,8,11-18,21-22H2,1,3,5H3,(H2,34,35)/b30-19-. The largest absolute Gasteiger partial charge is 0.387 e. The van der Waals surface area contributed by atoms with Crippen molar-refractivity contribution in [3.05, 3.63) is 71.2 Å². The van der Waals surface area contributed by atoms with Crippen LogP contribution in [-0.4, -0.2) is 60.3 Å². The summed E-state index contributed by atoms with van der Waals surface area (Å²) >= 11 is 0. The number of aliphatic imine (C=N–C) groups is 1. The Balaban J connectivity index is 1.61. The maximum Gasteiger partial charge on any atom is 0.102 e. The van der Waals surface area contributed by atoms with Crippen LogP contribution in [0.25, 0.3) is 5.70 Å². The van der Waals surface area contributed by atoms with Crippen molar-refractivity contribution in [3.8, 4) is 6.07 Å². The van der Waals surface area contributed by atoms with E-state index in [2.05, 4.69) is 84.8 Å². The highest BCUT2D eigenvalue weighted by Crippen LogP contribution is 2.46. The molecule has 0 bridgehead atoms. The summed E-state index contributed by atoms with van der Waals surface area (Å²) < 4.78 is 0. The van der Waals surface area contributed by atoms with Gasteiger partial charge < -0.3 is 20.4 Å². The third-order valence-electron chi connectivity index (χ3n) is 8.73. The minimum absolute atomic E-state index is 0.211. The summed E-state index contributed by atoms with van der Waals surface area (Å²) in [6, 6.07) is 9.26. The lowest BCUT2D eigenvalue weighted by molar-refractivity contribution is 0.185. The van der Waals surface area contributed by atoms with Gasteiger partial charge in [-0.1, -0.05) is 45.6 Å². The summed E-state index contributed by atoms with van der Waals surface area (Å²) in [5, 5.41) is 9.77. The molecule has 0 amide bonds. The van der Waals surface area contributed by atoms with E-state index in [-0.39, 0.29) is 11.3 Å². The number of fused-ring (bicyclic) bond motifs is 1.